The van der Waals surface area contributed by atoms with E-state index in [4.69, 9.17) is 5.11 Å². The van der Waals surface area contributed by atoms with Gasteiger partial charge in [-0.2, -0.15) is 5.10 Å². The van der Waals surface area contributed by atoms with E-state index in [0.29, 0.717) is 11.2 Å². The minimum atomic E-state index is -0.296. The fourth-order valence-corrected chi connectivity index (χ4v) is 3.27. The van der Waals surface area contributed by atoms with Crippen LogP contribution in [0.4, 0.5) is 11.4 Å². The number of nitrogens with zero attached hydrogens (tertiary/aromatic N) is 4. The number of hydrogen-bond donors (Lipinski definition) is 3. The predicted octanol–water partition coefficient (Wildman–Crippen LogP) is 1.04. The zero-order valence-corrected chi connectivity index (χ0v) is 16.1. The third-order valence-corrected chi connectivity index (χ3v) is 4.86. The second kappa shape index (κ2) is 8.31. The summed E-state index contributed by atoms with van der Waals surface area (Å²) in [5.41, 5.74) is 4.15. The fourth-order valence-electron chi connectivity index (χ4n) is 3.27. The van der Waals surface area contributed by atoms with E-state index in [0.717, 1.165) is 43.1 Å². The van der Waals surface area contributed by atoms with Crippen molar-refractivity contribution < 1.29 is 9.90 Å². The van der Waals surface area contributed by atoms with Gasteiger partial charge in [0.25, 0.3) is 5.91 Å². The van der Waals surface area contributed by atoms with E-state index >= 15 is 0 Å². The maximum Gasteiger partial charge on any atom is 0.274 e. The molecule has 3 aromatic rings. The Morgan fingerprint density at radius 1 is 1.31 bits per heavy atom. The van der Waals surface area contributed by atoms with Crippen LogP contribution in [0.2, 0.25) is 0 Å². The van der Waals surface area contributed by atoms with Crippen molar-refractivity contribution in [1.29, 1.82) is 0 Å². The van der Waals surface area contributed by atoms with Crippen molar-refractivity contribution in [3.63, 3.8) is 0 Å². The molecule has 2 aromatic heterocycles. The zero-order valence-electron chi connectivity index (χ0n) is 16.1. The van der Waals surface area contributed by atoms with Crippen LogP contribution in [0.1, 0.15) is 21.6 Å². The van der Waals surface area contributed by atoms with Crippen molar-refractivity contribution >= 4 is 22.9 Å². The average Bonchev–Trinajstić information content (AvgIpc) is 3.16. The molecule has 29 heavy (non-hydrogen) atoms. The summed E-state index contributed by atoms with van der Waals surface area (Å²) in [4.78, 5) is 19.6. The molecule has 1 aromatic carbocycles. The molecular formula is C21H22N6O2. The molecule has 1 amide bonds. The fraction of sp³-hybridized carbons (Fsp3) is 0.286. The van der Waals surface area contributed by atoms with Crippen LogP contribution in [0, 0.1) is 18.8 Å². The summed E-state index contributed by atoms with van der Waals surface area (Å²) in [7, 11) is 0. The Balaban J connectivity index is 1.59. The molecule has 3 N–H and O–H groups in total. The number of nitrogens with one attached hydrogen (secondary N) is 2. The molecule has 0 bridgehead atoms. The lowest BCUT2D eigenvalue weighted by molar-refractivity contribution is 0.102. The molecule has 8 nitrogen and oxygen atoms in total. The molecule has 0 spiro atoms. The first kappa shape index (κ1) is 18.9. The summed E-state index contributed by atoms with van der Waals surface area (Å²) in [5, 5.41) is 19.4. The van der Waals surface area contributed by atoms with Crippen LogP contribution in [-0.2, 0) is 0 Å². The normalized spacial score (nSPS) is 13.8. The summed E-state index contributed by atoms with van der Waals surface area (Å²) in [5.74, 6) is 5.08. The monoisotopic (exact) mass is 390 g/mol. The first-order valence-electron chi connectivity index (χ1n) is 9.47. The Kier molecular flexibility index (Phi) is 5.42. The zero-order chi connectivity index (χ0) is 20.2. The van der Waals surface area contributed by atoms with Gasteiger partial charge in [0.05, 0.1) is 11.8 Å². The van der Waals surface area contributed by atoms with Gasteiger partial charge in [-0.25, -0.2) is 9.50 Å². The number of carbonyl (C=O) groups excluding carboxylic acids is 1. The minimum Gasteiger partial charge on any atom is -0.384 e. The minimum absolute atomic E-state index is 0.250. The lowest BCUT2D eigenvalue weighted by atomic mass is 10.1. The van der Waals surface area contributed by atoms with Gasteiger partial charge in [0.2, 0.25) is 0 Å². The number of hydrogen-bond acceptors (Lipinski definition) is 6. The third-order valence-electron chi connectivity index (χ3n) is 4.86. The van der Waals surface area contributed by atoms with Crippen molar-refractivity contribution in [2.45, 2.75) is 6.92 Å². The molecule has 0 radical (unpaired) electrons. The molecule has 3 heterocycles. The highest BCUT2D eigenvalue weighted by molar-refractivity contribution is 6.03. The van der Waals surface area contributed by atoms with Crippen molar-refractivity contribution in [3.05, 3.63) is 53.5 Å². The summed E-state index contributed by atoms with van der Waals surface area (Å²) in [6.45, 7) is 5.49. The van der Waals surface area contributed by atoms with Gasteiger partial charge >= 0.3 is 0 Å². The van der Waals surface area contributed by atoms with E-state index < -0.39 is 0 Å². The van der Waals surface area contributed by atoms with E-state index in [2.05, 4.69) is 43.5 Å². The van der Waals surface area contributed by atoms with Gasteiger partial charge in [0.15, 0.2) is 5.65 Å². The molecule has 0 saturated carbocycles. The lowest BCUT2D eigenvalue weighted by Crippen LogP contribution is -2.43. The molecule has 1 aliphatic heterocycles. The van der Waals surface area contributed by atoms with Crippen molar-refractivity contribution in [3.8, 4) is 11.8 Å². The van der Waals surface area contributed by atoms with Crippen molar-refractivity contribution in [1.82, 2.24) is 19.9 Å². The first-order valence-corrected chi connectivity index (χ1v) is 9.47. The number of aliphatic hydroxyl groups is 1. The first-order chi connectivity index (χ1) is 14.2. The standard InChI is InChI=1S/C21H22N6O2/c1-15-4-5-17(26-10-7-22-8-11-26)13-19(15)25-21(29)18-6-9-27-20(24-18)16(14-23-27)3-2-12-28/h4-6,9,13-14,22,28H,7-8,10-12H2,1H3,(H,25,29). The van der Waals surface area contributed by atoms with Gasteiger partial charge in [0, 0.05) is 43.8 Å². The van der Waals surface area contributed by atoms with Crippen LogP contribution in [0.25, 0.3) is 5.65 Å². The number of amides is 1. The molecule has 1 saturated heterocycles. The summed E-state index contributed by atoms with van der Waals surface area (Å²) in [6.07, 6.45) is 3.24. The smallest absolute Gasteiger partial charge is 0.274 e. The third kappa shape index (κ3) is 4.06. The molecule has 0 unspecified atom stereocenters. The number of benzene rings is 1. The molecule has 8 heteroatoms. The van der Waals surface area contributed by atoms with Crippen LogP contribution in [0.5, 0.6) is 0 Å². The number of fused-ring (bicyclic) bond motifs is 1. The number of anilines is 2. The Bertz CT molecular complexity index is 1110. The summed E-state index contributed by atoms with van der Waals surface area (Å²) in [6, 6.07) is 7.73. The van der Waals surface area contributed by atoms with E-state index in [1.54, 1.807) is 23.0 Å². The number of aromatic nitrogens is 3. The molecule has 148 valence electrons. The molecule has 0 atom stereocenters. The molecule has 1 aliphatic rings. The molecular weight excluding hydrogens is 368 g/mol. The highest BCUT2D eigenvalue weighted by atomic mass is 16.2. The van der Waals surface area contributed by atoms with Gasteiger partial charge in [-0.15, -0.1) is 0 Å². The van der Waals surface area contributed by atoms with Gasteiger partial charge < -0.3 is 20.6 Å². The van der Waals surface area contributed by atoms with Crippen LogP contribution in [0.3, 0.4) is 0 Å². The van der Waals surface area contributed by atoms with Crippen LogP contribution in [-0.4, -0.2) is 58.4 Å². The lowest BCUT2D eigenvalue weighted by Gasteiger charge is -2.30. The molecule has 4 rings (SSSR count). The number of aryl methyl sites for hydroxylation is 1. The highest BCUT2D eigenvalue weighted by Gasteiger charge is 2.15. The predicted molar refractivity (Wildman–Crippen MR) is 111 cm³/mol. The van der Waals surface area contributed by atoms with Gasteiger partial charge in [0.1, 0.15) is 12.3 Å². The highest BCUT2D eigenvalue weighted by Crippen LogP contribution is 2.24. The van der Waals surface area contributed by atoms with Gasteiger partial charge in [-0.3, -0.25) is 4.79 Å². The Labute approximate surface area is 168 Å². The largest absolute Gasteiger partial charge is 0.384 e. The Morgan fingerprint density at radius 2 is 2.14 bits per heavy atom. The Hall–Kier alpha value is -3.41. The van der Waals surface area contributed by atoms with Gasteiger partial charge in [-0.1, -0.05) is 17.9 Å². The quantitative estimate of drug-likeness (QED) is 0.579. The maximum atomic E-state index is 12.8. The van der Waals surface area contributed by atoms with E-state index in [1.165, 1.54) is 0 Å². The van der Waals surface area contributed by atoms with E-state index in [-0.39, 0.29) is 18.2 Å². The number of carbonyl (C=O) groups is 1. The molecule has 1 fully saturated rings. The second-order valence-electron chi connectivity index (χ2n) is 6.79. The van der Waals surface area contributed by atoms with Crippen molar-refractivity contribution in [2.75, 3.05) is 43.0 Å². The summed E-state index contributed by atoms with van der Waals surface area (Å²) < 4.78 is 1.55. The van der Waals surface area contributed by atoms with Crippen molar-refractivity contribution in [2.24, 2.45) is 0 Å². The van der Waals surface area contributed by atoms with E-state index in [9.17, 15) is 4.79 Å². The van der Waals surface area contributed by atoms with Crippen LogP contribution in [0.15, 0.2) is 36.7 Å². The number of rotatable bonds is 3. The van der Waals surface area contributed by atoms with Crippen LogP contribution >= 0.6 is 0 Å². The Morgan fingerprint density at radius 3 is 2.93 bits per heavy atom. The van der Waals surface area contributed by atoms with E-state index in [1.807, 2.05) is 19.1 Å². The van der Waals surface area contributed by atoms with Gasteiger partial charge in [-0.05, 0) is 30.7 Å². The summed E-state index contributed by atoms with van der Waals surface area (Å²) >= 11 is 0. The maximum absolute atomic E-state index is 12.8. The SMILES string of the molecule is Cc1ccc(N2CCNCC2)cc1NC(=O)c1ccn2ncc(C#CCO)c2n1. The molecule has 0 aliphatic carbocycles. The average molecular weight is 390 g/mol. The number of piperazine rings is 1. The topological polar surface area (TPSA) is 94.8 Å². The number of aliphatic hydroxyl groups excluding tert-OH is 1. The second-order valence-corrected chi connectivity index (χ2v) is 6.79. The van der Waals surface area contributed by atoms with Crippen LogP contribution < -0.4 is 15.5 Å².